The fourth-order valence-electron chi connectivity index (χ4n) is 1.65. The lowest BCUT2D eigenvalue weighted by Gasteiger charge is -2.18. The highest BCUT2D eigenvalue weighted by Gasteiger charge is 2.20. The molecule has 102 valence electrons. The van der Waals surface area contributed by atoms with Crippen LogP contribution in [-0.2, 0) is 15.6 Å². The first-order valence-electron chi connectivity index (χ1n) is 6.04. The molecule has 0 spiro atoms. The van der Waals surface area contributed by atoms with Gasteiger partial charge in [0.15, 0.2) is 9.84 Å². The van der Waals surface area contributed by atoms with Crippen LogP contribution < -0.4 is 5.73 Å². The minimum Gasteiger partial charge on any atom is -0.327 e. The summed E-state index contributed by atoms with van der Waals surface area (Å²) in [4.78, 5) is 0. The van der Waals surface area contributed by atoms with Gasteiger partial charge in [0, 0.05) is 11.1 Å². The Bertz CT molecular complexity index is 470. The Morgan fingerprint density at radius 2 is 1.83 bits per heavy atom. The second-order valence-corrected chi connectivity index (χ2v) is 7.28. The molecule has 3 nitrogen and oxygen atoms in total. The fourth-order valence-corrected chi connectivity index (χ4v) is 3.51. The average Bonchev–Trinajstić information content (AvgIpc) is 2.30. The van der Waals surface area contributed by atoms with E-state index in [1.807, 2.05) is 13.8 Å². The number of hydrogen-bond acceptors (Lipinski definition) is 3. The molecule has 0 fully saturated rings. The molecule has 0 aliphatic carbocycles. The molecule has 0 saturated heterocycles. The van der Waals surface area contributed by atoms with Gasteiger partial charge in [-0.05, 0) is 23.6 Å². The second kappa shape index (κ2) is 6.55. The van der Waals surface area contributed by atoms with Crippen LogP contribution in [0, 0.1) is 5.92 Å². The molecule has 0 saturated carbocycles. The summed E-state index contributed by atoms with van der Waals surface area (Å²) in [5, 5.41) is 0.604. The molecule has 0 aliphatic rings. The zero-order chi connectivity index (χ0) is 13.8. The molecule has 2 unspecified atom stereocenters. The first kappa shape index (κ1) is 15.5. The normalized spacial score (nSPS) is 15.3. The number of sulfone groups is 1. The third-order valence-corrected chi connectivity index (χ3v) is 5.04. The maximum atomic E-state index is 12.0. The van der Waals surface area contributed by atoms with Gasteiger partial charge in [-0.25, -0.2) is 8.42 Å². The van der Waals surface area contributed by atoms with E-state index in [9.17, 15) is 8.42 Å². The van der Waals surface area contributed by atoms with Crippen molar-refractivity contribution < 1.29 is 8.42 Å². The SMILES string of the molecule is CCC(C)C(N)CS(=O)(=O)Cc1ccc(Cl)cc1. The summed E-state index contributed by atoms with van der Waals surface area (Å²) in [6.07, 6.45) is 0.887. The lowest BCUT2D eigenvalue weighted by Crippen LogP contribution is -2.35. The quantitative estimate of drug-likeness (QED) is 0.876. The van der Waals surface area contributed by atoms with E-state index in [2.05, 4.69) is 0 Å². The highest BCUT2D eigenvalue weighted by molar-refractivity contribution is 7.90. The Hall–Kier alpha value is -0.580. The first-order valence-corrected chi connectivity index (χ1v) is 8.24. The Morgan fingerprint density at radius 3 is 2.33 bits per heavy atom. The molecule has 0 aromatic heterocycles. The molecular formula is C13H20ClNO2S. The van der Waals surface area contributed by atoms with E-state index in [0.29, 0.717) is 5.02 Å². The largest absolute Gasteiger partial charge is 0.327 e. The molecule has 0 amide bonds. The highest BCUT2D eigenvalue weighted by atomic mass is 35.5. The first-order chi connectivity index (χ1) is 8.34. The third kappa shape index (κ3) is 4.96. The topological polar surface area (TPSA) is 60.2 Å². The van der Waals surface area contributed by atoms with Crippen LogP contribution in [0.1, 0.15) is 25.8 Å². The van der Waals surface area contributed by atoms with Crippen molar-refractivity contribution >= 4 is 21.4 Å². The smallest absolute Gasteiger partial charge is 0.155 e. The number of hydrogen-bond donors (Lipinski definition) is 1. The van der Waals surface area contributed by atoms with Gasteiger partial charge in [-0.2, -0.15) is 0 Å². The van der Waals surface area contributed by atoms with E-state index in [-0.39, 0.29) is 23.5 Å². The second-order valence-electron chi connectivity index (χ2n) is 4.73. The zero-order valence-electron chi connectivity index (χ0n) is 10.8. The fraction of sp³-hybridized carbons (Fsp3) is 0.538. The third-order valence-electron chi connectivity index (χ3n) is 3.12. The van der Waals surface area contributed by atoms with Gasteiger partial charge in [-0.3, -0.25) is 0 Å². The summed E-state index contributed by atoms with van der Waals surface area (Å²) in [6.45, 7) is 3.98. The molecular weight excluding hydrogens is 270 g/mol. The Labute approximate surface area is 114 Å². The zero-order valence-corrected chi connectivity index (χ0v) is 12.3. The number of benzene rings is 1. The summed E-state index contributed by atoms with van der Waals surface area (Å²) in [7, 11) is -3.17. The van der Waals surface area contributed by atoms with Crippen molar-refractivity contribution in [3.63, 3.8) is 0 Å². The summed E-state index contributed by atoms with van der Waals surface area (Å²) in [6, 6.07) is 6.55. The molecule has 5 heteroatoms. The molecule has 1 rings (SSSR count). The molecule has 2 N–H and O–H groups in total. The molecule has 0 radical (unpaired) electrons. The van der Waals surface area contributed by atoms with Crippen LogP contribution in [0.4, 0.5) is 0 Å². The maximum absolute atomic E-state index is 12.0. The highest BCUT2D eigenvalue weighted by Crippen LogP contribution is 2.14. The van der Waals surface area contributed by atoms with Crippen LogP contribution >= 0.6 is 11.6 Å². The molecule has 18 heavy (non-hydrogen) atoms. The maximum Gasteiger partial charge on any atom is 0.155 e. The van der Waals surface area contributed by atoms with Crippen molar-refractivity contribution in [2.24, 2.45) is 11.7 Å². The van der Waals surface area contributed by atoms with Gasteiger partial charge in [0.2, 0.25) is 0 Å². The molecule has 1 aromatic rings. The standard InChI is InChI=1S/C13H20ClNO2S/c1-3-10(2)13(15)9-18(16,17)8-11-4-6-12(14)7-5-11/h4-7,10,13H,3,8-9,15H2,1-2H3. The lowest BCUT2D eigenvalue weighted by molar-refractivity contribution is 0.466. The predicted molar refractivity (Wildman–Crippen MR) is 76.4 cm³/mol. The van der Waals surface area contributed by atoms with Gasteiger partial charge in [0.1, 0.15) is 0 Å². The minimum absolute atomic E-state index is 0.0221. The number of nitrogens with two attached hydrogens (primary N) is 1. The van der Waals surface area contributed by atoms with E-state index in [1.165, 1.54) is 0 Å². The van der Waals surface area contributed by atoms with Crippen LogP contribution in [0.25, 0.3) is 0 Å². The van der Waals surface area contributed by atoms with Crippen LogP contribution in [0.3, 0.4) is 0 Å². The van der Waals surface area contributed by atoms with Crippen LogP contribution in [0.2, 0.25) is 5.02 Å². The summed E-state index contributed by atoms with van der Waals surface area (Å²) in [5.41, 5.74) is 6.64. The van der Waals surface area contributed by atoms with E-state index in [1.54, 1.807) is 24.3 Å². The molecule has 0 aliphatic heterocycles. The lowest BCUT2D eigenvalue weighted by atomic mass is 10.0. The summed E-state index contributed by atoms with van der Waals surface area (Å²) in [5.74, 6) is 0.267. The van der Waals surface area contributed by atoms with E-state index in [4.69, 9.17) is 17.3 Å². The van der Waals surface area contributed by atoms with Gasteiger partial charge >= 0.3 is 0 Å². The van der Waals surface area contributed by atoms with Crippen molar-refractivity contribution in [2.75, 3.05) is 5.75 Å². The molecule has 0 bridgehead atoms. The Morgan fingerprint density at radius 1 is 1.28 bits per heavy atom. The summed E-state index contributed by atoms with van der Waals surface area (Å²) < 4.78 is 24.0. The van der Waals surface area contributed by atoms with Crippen molar-refractivity contribution in [3.05, 3.63) is 34.9 Å². The molecule has 2 atom stereocenters. The van der Waals surface area contributed by atoms with Gasteiger partial charge in [-0.15, -0.1) is 0 Å². The number of halogens is 1. The Balaban J connectivity index is 2.68. The van der Waals surface area contributed by atoms with Crippen LogP contribution in [-0.4, -0.2) is 20.2 Å². The van der Waals surface area contributed by atoms with Crippen molar-refractivity contribution in [1.82, 2.24) is 0 Å². The van der Waals surface area contributed by atoms with Crippen molar-refractivity contribution in [3.8, 4) is 0 Å². The van der Waals surface area contributed by atoms with Gasteiger partial charge in [0.25, 0.3) is 0 Å². The van der Waals surface area contributed by atoms with Gasteiger partial charge in [0.05, 0.1) is 11.5 Å². The van der Waals surface area contributed by atoms with Crippen LogP contribution in [0.15, 0.2) is 24.3 Å². The Kier molecular flexibility index (Phi) is 5.63. The van der Waals surface area contributed by atoms with E-state index < -0.39 is 9.84 Å². The molecule has 0 heterocycles. The monoisotopic (exact) mass is 289 g/mol. The predicted octanol–water partition coefficient (Wildman–Crippen LogP) is 2.63. The number of rotatable bonds is 6. The average molecular weight is 290 g/mol. The molecule has 1 aromatic carbocycles. The minimum atomic E-state index is -3.17. The van der Waals surface area contributed by atoms with Crippen molar-refractivity contribution in [2.45, 2.75) is 32.1 Å². The van der Waals surface area contributed by atoms with Crippen LogP contribution in [0.5, 0.6) is 0 Å². The van der Waals surface area contributed by atoms with Gasteiger partial charge in [-0.1, -0.05) is 44.0 Å². The van der Waals surface area contributed by atoms with E-state index >= 15 is 0 Å². The van der Waals surface area contributed by atoms with Crippen molar-refractivity contribution in [1.29, 1.82) is 0 Å². The summed E-state index contributed by atoms with van der Waals surface area (Å²) >= 11 is 5.76. The van der Waals surface area contributed by atoms with E-state index in [0.717, 1.165) is 12.0 Å². The van der Waals surface area contributed by atoms with Gasteiger partial charge < -0.3 is 5.73 Å².